The number of ether oxygens (including phenoxy) is 2. The number of carbonyl (C=O) groups excluding carboxylic acids is 1. The van der Waals surface area contributed by atoms with Gasteiger partial charge in [-0.05, 0) is 51.4 Å². The molecule has 1 saturated heterocycles. The molecule has 1 heterocycles. The van der Waals surface area contributed by atoms with Gasteiger partial charge in [-0.25, -0.2) is 0 Å². The van der Waals surface area contributed by atoms with Crippen molar-refractivity contribution in [2.75, 3.05) is 13.2 Å². The van der Waals surface area contributed by atoms with Gasteiger partial charge in [0.25, 0.3) is 0 Å². The summed E-state index contributed by atoms with van der Waals surface area (Å²) in [5, 5.41) is 54.8. The minimum Gasteiger partial charge on any atom is -0.394 e. The first-order valence-electron chi connectivity index (χ1n) is 32.2. The summed E-state index contributed by atoms with van der Waals surface area (Å²) in [6.07, 6.45) is 64.8. The molecular weight excluding hydrogens is 923 g/mol. The predicted molar refractivity (Wildman–Crippen MR) is 313 cm³/mol. The largest absolute Gasteiger partial charge is 0.394 e. The second-order valence-electron chi connectivity index (χ2n) is 22.6. The molecular formula is C65H123NO8. The Morgan fingerprint density at radius 3 is 1.18 bits per heavy atom. The Morgan fingerprint density at radius 2 is 0.797 bits per heavy atom. The summed E-state index contributed by atoms with van der Waals surface area (Å²) in [4.78, 5) is 13.1. The van der Waals surface area contributed by atoms with Crippen molar-refractivity contribution in [2.45, 2.75) is 358 Å². The molecule has 0 aromatic heterocycles. The summed E-state index contributed by atoms with van der Waals surface area (Å²) in [5.74, 6) is -0.139. The Hall–Kier alpha value is -1.59. The second kappa shape index (κ2) is 54.8. The third kappa shape index (κ3) is 43.4. The third-order valence-corrected chi connectivity index (χ3v) is 15.5. The number of unbranched alkanes of at least 4 members (excludes halogenated alkanes) is 40. The molecule has 7 unspecified atom stereocenters. The number of carbonyl (C=O) groups is 1. The zero-order valence-electron chi connectivity index (χ0n) is 48.6. The van der Waals surface area contributed by atoms with Crippen LogP contribution in [0.3, 0.4) is 0 Å². The van der Waals surface area contributed by atoms with Gasteiger partial charge in [-0.2, -0.15) is 0 Å². The highest BCUT2D eigenvalue weighted by atomic mass is 16.7. The fourth-order valence-corrected chi connectivity index (χ4v) is 10.4. The van der Waals surface area contributed by atoms with Crippen molar-refractivity contribution >= 4 is 5.91 Å². The molecule has 0 saturated carbocycles. The zero-order chi connectivity index (χ0) is 53.6. The Bertz CT molecular complexity index is 1260. The van der Waals surface area contributed by atoms with Crippen LogP contribution in [-0.2, 0) is 14.3 Å². The van der Waals surface area contributed by atoms with Gasteiger partial charge in [-0.1, -0.05) is 294 Å². The van der Waals surface area contributed by atoms with Crippen LogP contribution in [0.15, 0.2) is 36.5 Å². The van der Waals surface area contributed by atoms with Crippen molar-refractivity contribution in [1.82, 2.24) is 5.32 Å². The SMILES string of the molecule is CCCCCCC/C=C\C/C=C\C/C=C\CCCCCCCCCCCCCCCCCCCCC(=O)NC(COC1OC(CO)C(O)C(O)C1O)C(O)CCCCCCCCCCCCCCCCCCCC. The van der Waals surface area contributed by atoms with Crippen molar-refractivity contribution in [1.29, 1.82) is 0 Å². The van der Waals surface area contributed by atoms with Crippen LogP contribution < -0.4 is 5.32 Å². The van der Waals surface area contributed by atoms with E-state index in [2.05, 4.69) is 55.6 Å². The van der Waals surface area contributed by atoms with E-state index in [1.54, 1.807) is 0 Å². The summed E-state index contributed by atoms with van der Waals surface area (Å²) in [7, 11) is 0. The number of aliphatic hydroxyl groups excluding tert-OH is 5. The second-order valence-corrected chi connectivity index (χ2v) is 22.6. The van der Waals surface area contributed by atoms with Gasteiger partial charge in [0.05, 0.1) is 25.4 Å². The fraction of sp³-hybridized carbons (Fsp3) is 0.892. The average molecular weight is 1050 g/mol. The molecule has 1 amide bonds. The van der Waals surface area contributed by atoms with E-state index in [0.29, 0.717) is 12.8 Å². The number of hydrogen-bond acceptors (Lipinski definition) is 8. The van der Waals surface area contributed by atoms with E-state index >= 15 is 0 Å². The number of rotatable bonds is 56. The third-order valence-electron chi connectivity index (χ3n) is 15.5. The lowest BCUT2D eigenvalue weighted by Crippen LogP contribution is -2.60. The lowest BCUT2D eigenvalue weighted by atomic mass is 9.99. The van der Waals surface area contributed by atoms with Crippen molar-refractivity contribution in [3.63, 3.8) is 0 Å². The highest BCUT2D eigenvalue weighted by Gasteiger charge is 2.44. The molecule has 0 radical (unpaired) electrons. The fourth-order valence-electron chi connectivity index (χ4n) is 10.4. The lowest BCUT2D eigenvalue weighted by Gasteiger charge is -2.40. The van der Waals surface area contributed by atoms with E-state index < -0.39 is 49.5 Å². The number of nitrogens with one attached hydrogen (secondary N) is 1. The standard InChI is InChI=1S/C65H123NO8/c1-3-5-7-9-11-13-15-17-19-21-23-24-25-26-27-28-29-30-31-32-33-34-35-36-37-39-41-43-45-47-49-51-53-55-61(69)66-58(57-73-65-64(72)63(71)62(70)60(56-67)74-65)59(68)54-52-50-48-46-44-42-40-38-22-20-18-16-14-12-10-8-6-4-2/h15,17,21,23,25-26,58-60,62-65,67-68,70-72H,3-14,16,18-20,22,24,27-57H2,1-2H3,(H,66,69)/b17-15-,23-21-,26-25-. The Morgan fingerprint density at radius 1 is 0.459 bits per heavy atom. The molecule has 0 aliphatic carbocycles. The van der Waals surface area contributed by atoms with Gasteiger partial charge in [-0.3, -0.25) is 4.79 Å². The molecule has 74 heavy (non-hydrogen) atoms. The monoisotopic (exact) mass is 1050 g/mol. The van der Waals surface area contributed by atoms with E-state index in [1.165, 1.54) is 238 Å². The van der Waals surface area contributed by atoms with Crippen LogP contribution in [0.5, 0.6) is 0 Å². The van der Waals surface area contributed by atoms with Gasteiger partial charge in [0.1, 0.15) is 24.4 Å². The Labute approximate surface area is 457 Å². The predicted octanol–water partition coefficient (Wildman–Crippen LogP) is 16.7. The lowest BCUT2D eigenvalue weighted by molar-refractivity contribution is -0.302. The maximum absolute atomic E-state index is 13.1. The Balaban J connectivity index is 2.11. The molecule has 7 atom stereocenters. The first-order chi connectivity index (χ1) is 36.3. The van der Waals surface area contributed by atoms with Crippen LogP contribution in [0.2, 0.25) is 0 Å². The topological polar surface area (TPSA) is 149 Å². The average Bonchev–Trinajstić information content (AvgIpc) is 3.40. The summed E-state index contributed by atoms with van der Waals surface area (Å²) in [5.41, 5.74) is 0. The first kappa shape index (κ1) is 70.4. The molecule has 0 bridgehead atoms. The van der Waals surface area contributed by atoms with Crippen molar-refractivity contribution in [3.05, 3.63) is 36.5 Å². The van der Waals surface area contributed by atoms with Crippen molar-refractivity contribution in [2.24, 2.45) is 0 Å². The molecule has 1 aliphatic rings. The molecule has 9 heteroatoms. The number of allylic oxidation sites excluding steroid dienone is 6. The van der Waals surface area contributed by atoms with Crippen LogP contribution in [0, 0.1) is 0 Å². The number of aliphatic hydroxyl groups is 5. The minimum absolute atomic E-state index is 0.134. The van der Waals surface area contributed by atoms with Crippen molar-refractivity contribution in [3.8, 4) is 0 Å². The van der Waals surface area contributed by atoms with E-state index in [0.717, 1.165) is 51.4 Å². The molecule has 6 N–H and O–H groups in total. The van der Waals surface area contributed by atoms with Crippen LogP contribution in [0.25, 0.3) is 0 Å². The van der Waals surface area contributed by atoms with E-state index in [-0.39, 0.29) is 12.5 Å². The summed E-state index contributed by atoms with van der Waals surface area (Å²) < 4.78 is 11.3. The molecule has 436 valence electrons. The first-order valence-corrected chi connectivity index (χ1v) is 32.2. The van der Waals surface area contributed by atoms with Crippen molar-refractivity contribution < 1.29 is 39.8 Å². The maximum Gasteiger partial charge on any atom is 0.220 e. The summed E-state index contributed by atoms with van der Waals surface area (Å²) in [6, 6.07) is -0.718. The highest BCUT2D eigenvalue weighted by Crippen LogP contribution is 2.23. The molecule has 1 fully saturated rings. The van der Waals surface area contributed by atoms with Crippen LogP contribution in [-0.4, -0.2) is 87.5 Å². The molecule has 1 rings (SSSR count). The number of hydrogen-bond donors (Lipinski definition) is 6. The molecule has 0 aromatic carbocycles. The highest BCUT2D eigenvalue weighted by molar-refractivity contribution is 5.76. The summed E-state index contributed by atoms with van der Waals surface area (Å²) in [6.45, 7) is 3.86. The van der Waals surface area contributed by atoms with E-state index in [9.17, 15) is 30.3 Å². The molecule has 1 aliphatic heterocycles. The maximum atomic E-state index is 13.1. The van der Waals surface area contributed by atoms with E-state index in [4.69, 9.17) is 9.47 Å². The van der Waals surface area contributed by atoms with Gasteiger partial charge in [0.15, 0.2) is 6.29 Å². The van der Waals surface area contributed by atoms with Gasteiger partial charge >= 0.3 is 0 Å². The molecule has 9 nitrogen and oxygen atoms in total. The molecule has 0 aromatic rings. The molecule has 0 spiro atoms. The quantitative estimate of drug-likeness (QED) is 0.0261. The Kier molecular flexibility index (Phi) is 52.1. The smallest absolute Gasteiger partial charge is 0.220 e. The van der Waals surface area contributed by atoms with Crippen LogP contribution in [0.4, 0.5) is 0 Å². The van der Waals surface area contributed by atoms with Crippen LogP contribution >= 0.6 is 0 Å². The normalized spacial score (nSPS) is 19.1. The number of amides is 1. The van der Waals surface area contributed by atoms with Crippen LogP contribution in [0.1, 0.15) is 316 Å². The van der Waals surface area contributed by atoms with Gasteiger partial charge in [-0.15, -0.1) is 0 Å². The zero-order valence-corrected chi connectivity index (χ0v) is 48.6. The summed E-state index contributed by atoms with van der Waals surface area (Å²) >= 11 is 0. The van der Waals surface area contributed by atoms with E-state index in [1.807, 2.05) is 0 Å². The van der Waals surface area contributed by atoms with Gasteiger partial charge < -0.3 is 40.3 Å². The minimum atomic E-state index is -1.55. The van der Waals surface area contributed by atoms with Gasteiger partial charge in [0.2, 0.25) is 5.91 Å². The van der Waals surface area contributed by atoms with Gasteiger partial charge in [0, 0.05) is 6.42 Å².